The summed E-state index contributed by atoms with van der Waals surface area (Å²) in [6, 6.07) is 9.52. The maximum Gasteiger partial charge on any atom is 0.126 e. The van der Waals surface area contributed by atoms with Crippen LogP contribution in [0, 0.1) is 0 Å². The molecule has 0 N–H and O–H groups in total. The summed E-state index contributed by atoms with van der Waals surface area (Å²) in [4.78, 5) is 14.0. The van der Waals surface area contributed by atoms with Gasteiger partial charge in [0, 0.05) is 18.7 Å². The van der Waals surface area contributed by atoms with E-state index < -0.39 is 0 Å². The first-order valence-corrected chi connectivity index (χ1v) is 3.61. The molecule has 0 saturated carbocycles. The first kappa shape index (κ1) is 8.44. The van der Waals surface area contributed by atoms with E-state index in [-0.39, 0.29) is 0 Å². The van der Waals surface area contributed by atoms with E-state index in [2.05, 4.69) is 4.99 Å². The molecule has 0 bridgehead atoms. The van der Waals surface area contributed by atoms with Crippen LogP contribution in [0.1, 0.15) is 5.56 Å². The van der Waals surface area contributed by atoms with E-state index in [4.69, 9.17) is 0 Å². The number of hydrogen-bond acceptors (Lipinski definition) is 2. The molecule has 0 aliphatic rings. The molecule has 1 rings (SSSR count). The predicted octanol–water partition coefficient (Wildman–Crippen LogP) is 1.49. The third kappa shape index (κ3) is 1.91. The van der Waals surface area contributed by atoms with Gasteiger partial charge in [0.2, 0.25) is 0 Å². The van der Waals surface area contributed by atoms with Gasteiger partial charge in [-0.1, -0.05) is 30.3 Å². The third-order valence-corrected chi connectivity index (χ3v) is 1.51. The van der Waals surface area contributed by atoms with Crippen molar-refractivity contribution in [1.29, 1.82) is 0 Å². The lowest BCUT2D eigenvalue weighted by Gasteiger charge is -1.96. The fraction of sp³-hybridized carbons (Fsp3) is 0.100. The second kappa shape index (κ2) is 4.27. The van der Waals surface area contributed by atoms with Crippen molar-refractivity contribution in [2.24, 2.45) is 4.99 Å². The highest BCUT2D eigenvalue weighted by molar-refractivity contribution is 6.12. The van der Waals surface area contributed by atoms with Gasteiger partial charge in [-0.05, 0) is 0 Å². The Morgan fingerprint density at radius 2 is 2.08 bits per heavy atom. The van der Waals surface area contributed by atoms with Gasteiger partial charge < -0.3 is 0 Å². The Morgan fingerprint density at radius 1 is 1.42 bits per heavy atom. The van der Waals surface area contributed by atoms with Crippen molar-refractivity contribution in [1.82, 2.24) is 0 Å². The number of nitrogens with zero attached hydrogens (tertiary/aromatic N) is 1. The van der Waals surface area contributed by atoms with Crippen LogP contribution in [0.3, 0.4) is 0 Å². The molecule has 0 unspecified atom stereocenters. The van der Waals surface area contributed by atoms with E-state index in [1.165, 1.54) is 6.08 Å². The summed E-state index contributed by atoms with van der Waals surface area (Å²) in [5.74, 6) is 1.71. The number of benzene rings is 1. The van der Waals surface area contributed by atoms with Gasteiger partial charge in [-0.3, -0.25) is 4.99 Å². The SMILES string of the molecule is CN=C(C=C=O)c1ccccc1. The molecule has 1 aromatic carbocycles. The first-order valence-electron chi connectivity index (χ1n) is 3.61. The molecule has 0 fully saturated rings. The second-order valence-electron chi connectivity index (χ2n) is 2.24. The summed E-state index contributed by atoms with van der Waals surface area (Å²) in [6.45, 7) is 0. The Morgan fingerprint density at radius 3 is 2.58 bits per heavy atom. The minimum absolute atomic E-state index is 0.658. The molecule has 0 radical (unpaired) electrons. The van der Waals surface area contributed by atoms with E-state index in [0.29, 0.717) is 5.71 Å². The summed E-state index contributed by atoms with van der Waals surface area (Å²) in [7, 11) is 1.65. The van der Waals surface area contributed by atoms with E-state index >= 15 is 0 Å². The summed E-state index contributed by atoms with van der Waals surface area (Å²) in [5.41, 5.74) is 1.59. The van der Waals surface area contributed by atoms with E-state index in [0.717, 1.165) is 5.56 Å². The molecule has 0 aromatic heterocycles. The summed E-state index contributed by atoms with van der Waals surface area (Å²) >= 11 is 0. The molecule has 0 spiro atoms. The number of hydrogen-bond donors (Lipinski definition) is 0. The molecule has 60 valence electrons. The molecule has 2 nitrogen and oxygen atoms in total. The van der Waals surface area contributed by atoms with Gasteiger partial charge in [0.05, 0.1) is 5.71 Å². The molecule has 12 heavy (non-hydrogen) atoms. The van der Waals surface area contributed by atoms with Crippen LogP contribution in [-0.2, 0) is 4.79 Å². The maximum absolute atomic E-state index is 10.1. The molecule has 0 aliphatic heterocycles. The largest absolute Gasteiger partial charge is 0.287 e. The fourth-order valence-corrected chi connectivity index (χ4v) is 0.942. The molecule has 0 atom stereocenters. The lowest BCUT2D eigenvalue weighted by molar-refractivity contribution is 0.569. The molecular weight excluding hydrogens is 150 g/mol. The molecule has 0 aliphatic carbocycles. The van der Waals surface area contributed by atoms with Crippen LogP contribution in [0.4, 0.5) is 0 Å². The zero-order valence-corrected chi connectivity index (χ0v) is 6.82. The van der Waals surface area contributed by atoms with Gasteiger partial charge >= 0.3 is 0 Å². The minimum Gasteiger partial charge on any atom is -0.287 e. The van der Waals surface area contributed by atoms with E-state index in [1.54, 1.807) is 13.0 Å². The second-order valence-corrected chi connectivity index (χ2v) is 2.24. The Balaban J connectivity index is 3.05. The van der Waals surface area contributed by atoms with Crippen molar-refractivity contribution in [3.63, 3.8) is 0 Å². The van der Waals surface area contributed by atoms with Gasteiger partial charge in [0.15, 0.2) is 0 Å². The maximum atomic E-state index is 10.1. The van der Waals surface area contributed by atoms with Crippen molar-refractivity contribution < 1.29 is 4.79 Å². The molecular formula is C10H9NO. The van der Waals surface area contributed by atoms with Gasteiger partial charge in [-0.25, -0.2) is 4.79 Å². The first-order chi connectivity index (χ1) is 5.88. The Labute approximate surface area is 71.3 Å². The number of carbonyl (C=O) groups excluding carboxylic acids is 1. The highest BCUT2D eigenvalue weighted by atomic mass is 16.1. The number of rotatable bonds is 2. The van der Waals surface area contributed by atoms with E-state index in [1.807, 2.05) is 30.3 Å². The molecule has 1 aromatic rings. The van der Waals surface area contributed by atoms with E-state index in [9.17, 15) is 4.79 Å². The summed E-state index contributed by atoms with van der Waals surface area (Å²) in [5, 5.41) is 0. The van der Waals surface area contributed by atoms with Crippen LogP contribution in [0.15, 0.2) is 41.4 Å². The van der Waals surface area contributed by atoms with Crippen LogP contribution in [0.2, 0.25) is 0 Å². The summed E-state index contributed by atoms with van der Waals surface area (Å²) in [6.07, 6.45) is 1.33. The molecule has 2 heteroatoms. The smallest absolute Gasteiger partial charge is 0.126 e. The van der Waals surface area contributed by atoms with Gasteiger partial charge in [-0.2, -0.15) is 0 Å². The van der Waals surface area contributed by atoms with Crippen molar-refractivity contribution >= 4 is 11.7 Å². The molecule has 0 saturated heterocycles. The monoisotopic (exact) mass is 159 g/mol. The van der Waals surface area contributed by atoms with Crippen LogP contribution in [-0.4, -0.2) is 18.7 Å². The quantitative estimate of drug-likeness (QED) is 0.475. The standard InChI is InChI=1S/C10H9NO/c1-11-10(7-8-12)9-5-3-2-4-6-9/h2-7H,1H3. The topological polar surface area (TPSA) is 29.4 Å². The Kier molecular flexibility index (Phi) is 3.00. The van der Waals surface area contributed by atoms with Crippen LogP contribution in [0.5, 0.6) is 0 Å². The highest BCUT2D eigenvalue weighted by Gasteiger charge is 1.95. The van der Waals surface area contributed by atoms with Crippen molar-refractivity contribution in [3.05, 3.63) is 42.0 Å². The Hall–Kier alpha value is -1.66. The zero-order valence-electron chi connectivity index (χ0n) is 6.82. The number of aliphatic imine (C=N–C) groups is 1. The van der Waals surface area contributed by atoms with Crippen LogP contribution >= 0.6 is 0 Å². The van der Waals surface area contributed by atoms with Gasteiger partial charge in [-0.15, -0.1) is 0 Å². The highest BCUT2D eigenvalue weighted by Crippen LogP contribution is 2.00. The lowest BCUT2D eigenvalue weighted by Crippen LogP contribution is -1.95. The lowest BCUT2D eigenvalue weighted by atomic mass is 10.1. The van der Waals surface area contributed by atoms with Crippen molar-refractivity contribution in [3.8, 4) is 0 Å². The molecule has 0 heterocycles. The minimum atomic E-state index is 0.658. The van der Waals surface area contributed by atoms with Crippen LogP contribution in [0.25, 0.3) is 0 Å². The number of allylic oxidation sites excluding steroid dienone is 1. The zero-order chi connectivity index (χ0) is 8.81. The van der Waals surface area contributed by atoms with Crippen molar-refractivity contribution in [2.75, 3.05) is 7.05 Å². The van der Waals surface area contributed by atoms with Crippen molar-refractivity contribution in [2.45, 2.75) is 0 Å². The van der Waals surface area contributed by atoms with Crippen LogP contribution < -0.4 is 0 Å². The third-order valence-electron chi connectivity index (χ3n) is 1.51. The summed E-state index contributed by atoms with van der Waals surface area (Å²) < 4.78 is 0. The fourth-order valence-electron chi connectivity index (χ4n) is 0.942. The average Bonchev–Trinajstić information content (AvgIpc) is 2.15. The molecule has 0 amide bonds. The van der Waals surface area contributed by atoms with Gasteiger partial charge in [0.25, 0.3) is 0 Å². The predicted molar refractivity (Wildman–Crippen MR) is 49.2 cm³/mol. The normalized spacial score (nSPS) is 10.6. The average molecular weight is 159 g/mol. The Bertz CT molecular complexity index is 321. The van der Waals surface area contributed by atoms with Gasteiger partial charge in [0.1, 0.15) is 5.94 Å².